The molecule has 1 saturated heterocycles. The molecule has 0 unspecified atom stereocenters. The number of rotatable bonds is 2. The monoisotopic (exact) mass is 253 g/mol. The van der Waals surface area contributed by atoms with E-state index >= 15 is 0 Å². The Balaban J connectivity index is 1.96. The first-order valence-corrected chi connectivity index (χ1v) is 6.94. The first-order valence-electron chi connectivity index (χ1n) is 6.94. The predicted molar refractivity (Wildman–Crippen MR) is 77.0 cm³/mol. The molecule has 0 atom stereocenters. The summed E-state index contributed by atoms with van der Waals surface area (Å²) in [5.41, 5.74) is 3.41. The van der Waals surface area contributed by atoms with Crippen LogP contribution < -0.4 is 5.32 Å². The fourth-order valence-electron chi connectivity index (χ4n) is 2.67. The summed E-state index contributed by atoms with van der Waals surface area (Å²) in [7, 11) is 0. The summed E-state index contributed by atoms with van der Waals surface area (Å²) < 4.78 is 0. The van der Waals surface area contributed by atoms with Crippen molar-refractivity contribution in [2.45, 2.75) is 25.7 Å². The standard InChI is InChI=1S/C16H19N3/c1-12-18-15(13-5-3-2-4-6-13)11-16(19-12)14-7-9-17-10-8-14/h2-6,11,14,17H,7-10H2,1H3. The van der Waals surface area contributed by atoms with Crippen molar-refractivity contribution in [1.29, 1.82) is 0 Å². The lowest BCUT2D eigenvalue weighted by molar-refractivity contribution is 0.452. The Labute approximate surface area is 114 Å². The Kier molecular flexibility index (Phi) is 3.56. The van der Waals surface area contributed by atoms with E-state index in [0.717, 1.165) is 24.6 Å². The minimum Gasteiger partial charge on any atom is -0.317 e. The summed E-state index contributed by atoms with van der Waals surface area (Å²) >= 11 is 0. The molecule has 3 nitrogen and oxygen atoms in total. The Bertz CT molecular complexity index is 545. The van der Waals surface area contributed by atoms with Crippen LogP contribution in [-0.4, -0.2) is 23.1 Å². The highest BCUT2D eigenvalue weighted by atomic mass is 14.9. The van der Waals surface area contributed by atoms with E-state index in [9.17, 15) is 0 Å². The molecule has 1 fully saturated rings. The lowest BCUT2D eigenvalue weighted by Crippen LogP contribution is -2.27. The molecule has 0 amide bonds. The zero-order chi connectivity index (χ0) is 13.1. The summed E-state index contributed by atoms with van der Waals surface area (Å²) in [5.74, 6) is 1.44. The number of aromatic nitrogens is 2. The molecule has 0 spiro atoms. The van der Waals surface area contributed by atoms with E-state index in [1.807, 2.05) is 13.0 Å². The van der Waals surface area contributed by atoms with Gasteiger partial charge in [-0.15, -0.1) is 0 Å². The van der Waals surface area contributed by atoms with Crippen LogP contribution in [0, 0.1) is 6.92 Å². The van der Waals surface area contributed by atoms with Crippen LogP contribution >= 0.6 is 0 Å². The second kappa shape index (κ2) is 5.49. The third-order valence-corrected chi connectivity index (χ3v) is 3.68. The van der Waals surface area contributed by atoms with Crippen LogP contribution in [0.2, 0.25) is 0 Å². The smallest absolute Gasteiger partial charge is 0.126 e. The highest BCUT2D eigenvalue weighted by molar-refractivity contribution is 5.59. The fraction of sp³-hybridized carbons (Fsp3) is 0.375. The third kappa shape index (κ3) is 2.82. The normalized spacial score (nSPS) is 16.5. The van der Waals surface area contributed by atoms with Gasteiger partial charge in [0.25, 0.3) is 0 Å². The Morgan fingerprint density at radius 1 is 1.05 bits per heavy atom. The molecule has 0 saturated carbocycles. The molecular weight excluding hydrogens is 234 g/mol. The van der Waals surface area contributed by atoms with Gasteiger partial charge in [0, 0.05) is 17.2 Å². The zero-order valence-electron chi connectivity index (χ0n) is 11.3. The quantitative estimate of drug-likeness (QED) is 0.894. The van der Waals surface area contributed by atoms with Crippen LogP contribution in [0.5, 0.6) is 0 Å². The number of benzene rings is 1. The second-order valence-corrected chi connectivity index (χ2v) is 5.12. The molecule has 0 radical (unpaired) electrons. The van der Waals surface area contributed by atoms with E-state index < -0.39 is 0 Å². The maximum atomic E-state index is 4.64. The maximum Gasteiger partial charge on any atom is 0.126 e. The predicted octanol–water partition coefficient (Wildman–Crippen LogP) is 2.92. The van der Waals surface area contributed by atoms with Crippen molar-refractivity contribution in [3.8, 4) is 11.3 Å². The summed E-state index contributed by atoms with van der Waals surface area (Å²) in [6.45, 7) is 4.17. The Morgan fingerprint density at radius 3 is 2.53 bits per heavy atom. The second-order valence-electron chi connectivity index (χ2n) is 5.12. The van der Waals surface area contributed by atoms with Gasteiger partial charge in [-0.05, 0) is 38.9 Å². The van der Waals surface area contributed by atoms with Crippen LogP contribution in [-0.2, 0) is 0 Å². The van der Waals surface area contributed by atoms with E-state index in [4.69, 9.17) is 0 Å². The minimum atomic E-state index is 0.574. The molecule has 0 aliphatic carbocycles. The molecule has 2 heterocycles. The number of aryl methyl sites for hydroxylation is 1. The average molecular weight is 253 g/mol. The summed E-state index contributed by atoms with van der Waals surface area (Å²) in [4.78, 5) is 9.22. The topological polar surface area (TPSA) is 37.8 Å². The minimum absolute atomic E-state index is 0.574. The van der Waals surface area contributed by atoms with Gasteiger partial charge in [-0.1, -0.05) is 30.3 Å². The maximum absolute atomic E-state index is 4.64. The molecule has 1 aromatic heterocycles. The van der Waals surface area contributed by atoms with E-state index in [1.165, 1.54) is 24.1 Å². The molecular formula is C16H19N3. The third-order valence-electron chi connectivity index (χ3n) is 3.68. The molecule has 98 valence electrons. The molecule has 0 bridgehead atoms. The lowest BCUT2D eigenvalue weighted by atomic mass is 9.93. The van der Waals surface area contributed by atoms with Crippen molar-refractivity contribution in [3.63, 3.8) is 0 Å². The number of hydrogen-bond acceptors (Lipinski definition) is 3. The van der Waals surface area contributed by atoms with Crippen molar-refractivity contribution >= 4 is 0 Å². The average Bonchev–Trinajstić information content (AvgIpc) is 2.48. The van der Waals surface area contributed by atoms with Crippen LogP contribution in [0.3, 0.4) is 0 Å². The van der Waals surface area contributed by atoms with Gasteiger partial charge < -0.3 is 5.32 Å². The fourth-order valence-corrected chi connectivity index (χ4v) is 2.67. The van der Waals surface area contributed by atoms with Gasteiger partial charge in [-0.3, -0.25) is 0 Å². The van der Waals surface area contributed by atoms with Gasteiger partial charge in [0.1, 0.15) is 5.82 Å². The van der Waals surface area contributed by atoms with E-state index in [2.05, 4.69) is 45.6 Å². The first-order chi connectivity index (χ1) is 9.33. The van der Waals surface area contributed by atoms with E-state index in [1.54, 1.807) is 0 Å². The molecule has 1 aliphatic heterocycles. The summed E-state index contributed by atoms with van der Waals surface area (Å²) in [6, 6.07) is 12.5. The molecule has 3 heteroatoms. The number of hydrogen-bond donors (Lipinski definition) is 1. The highest BCUT2D eigenvalue weighted by Gasteiger charge is 2.17. The molecule has 1 aromatic carbocycles. The number of nitrogens with zero attached hydrogens (tertiary/aromatic N) is 2. The summed E-state index contributed by atoms with van der Waals surface area (Å²) in [6.07, 6.45) is 2.34. The van der Waals surface area contributed by atoms with Crippen molar-refractivity contribution in [1.82, 2.24) is 15.3 Å². The molecule has 3 rings (SSSR count). The van der Waals surface area contributed by atoms with Gasteiger partial charge in [0.15, 0.2) is 0 Å². The largest absolute Gasteiger partial charge is 0.317 e. The van der Waals surface area contributed by atoms with Gasteiger partial charge >= 0.3 is 0 Å². The van der Waals surface area contributed by atoms with Crippen LogP contribution in [0.1, 0.15) is 30.3 Å². The SMILES string of the molecule is Cc1nc(-c2ccccc2)cc(C2CCNCC2)n1. The van der Waals surface area contributed by atoms with Crippen LogP contribution in [0.4, 0.5) is 0 Å². The summed E-state index contributed by atoms with van der Waals surface area (Å²) in [5, 5.41) is 3.40. The van der Waals surface area contributed by atoms with Crippen molar-refractivity contribution < 1.29 is 0 Å². The van der Waals surface area contributed by atoms with Gasteiger partial charge in [-0.2, -0.15) is 0 Å². The van der Waals surface area contributed by atoms with Crippen LogP contribution in [0.25, 0.3) is 11.3 Å². The van der Waals surface area contributed by atoms with Gasteiger partial charge in [0.2, 0.25) is 0 Å². The zero-order valence-corrected chi connectivity index (χ0v) is 11.3. The lowest BCUT2D eigenvalue weighted by Gasteiger charge is -2.22. The molecule has 1 N–H and O–H groups in total. The van der Waals surface area contributed by atoms with E-state index in [0.29, 0.717) is 5.92 Å². The Morgan fingerprint density at radius 2 is 1.79 bits per heavy atom. The van der Waals surface area contributed by atoms with Crippen molar-refractivity contribution in [2.24, 2.45) is 0 Å². The van der Waals surface area contributed by atoms with Gasteiger partial charge in [0.05, 0.1) is 5.69 Å². The first kappa shape index (κ1) is 12.3. The van der Waals surface area contributed by atoms with E-state index in [-0.39, 0.29) is 0 Å². The van der Waals surface area contributed by atoms with Crippen molar-refractivity contribution in [2.75, 3.05) is 13.1 Å². The molecule has 1 aliphatic rings. The Hall–Kier alpha value is -1.74. The molecule has 19 heavy (non-hydrogen) atoms. The number of nitrogens with one attached hydrogen (secondary N) is 1. The van der Waals surface area contributed by atoms with Crippen molar-refractivity contribution in [3.05, 3.63) is 47.9 Å². The molecule has 2 aromatic rings. The number of piperidine rings is 1. The highest BCUT2D eigenvalue weighted by Crippen LogP contribution is 2.26. The van der Waals surface area contributed by atoms with Gasteiger partial charge in [-0.25, -0.2) is 9.97 Å². The van der Waals surface area contributed by atoms with Crippen LogP contribution in [0.15, 0.2) is 36.4 Å².